The van der Waals surface area contributed by atoms with Crippen molar-refractivity contribution in [2.24, 2.45) is 5.84 Å². The van der Waals surface area contributed by atoms with Crippen molar-refractivity contribution in [3.05, 3.63) is 12.7 Å². The van der Waals surface area contributed by atoms with Gasteiger partial charge < -0.3 is 25.6 Å². The number of imidazole rings is 1. The zero-order chi connectivity index (χ0) is 27.8. The molecule has 0 unspecified atom stereocenters. The van der Waals surface area contributed by atoms with Crippen LogP contribution in [0.2, 0.25) is 0 Å². The van der Waals surface area contributed by atoms with Gasteiger partial charge in [-0.05, 0) is 7.05 Å². The molecule has 11 N–H and O–H groups in total. The van der Waals surface area contributed by atoms with E-state index in [1.165, 1.54) is 17.2 Å². The number of ether oxygens (including phenoxy) is 1. The maximum absolute atomic E-state index is 11.2. The molecule has 1 amide bonds. The number of anilines is 1. The molecule has 0 spiro atoms. The molecule has 0 radical (unpaired) electrons. The zero-order valence-corrected chi connectivity index (χ0v) is 20.1. The number of nitrogens with zero attached hydrogens (tertiary/aromatic N) is 5. The van der Waals surface area contributed by atoms with Crippen LogP contribution in [0.15, 0.2) is 12.7 Å². The van der Waals surface area contributed by atoms with Crippen LogP contribution < -0.4 is 17.0 Å². The number of hydrazine groups is 1. The third kappa shape index (κ3) is 11.0. The molecule has 36 heavy (non-hydrogen) atoms. The minimum atomic E-state index is -4.67. The smallest absolute Gasteiger partial charge is 0.387 e. The highest BCUT2D eigenvalue weighted by Crippen LogP contribution is 2.32. The van der Waals surface area contributed by atoms with Crippen molar-refractivity contribution < 1.29 is 54.8 Å². The third-order valence-electron chi connectivity index (χ3n) is 4.37. The molecule has 0 aliphatic carbocycles. The number of amides is 1. The number of aliphatic hydroxyl groups excluding tert-OH is 2. The van der Waals surface area contributed by atoms with Gasteiger partial charge in [-0.2, -0.15) is 16.8 Å². The lowest BCUT2D eigenvalue weighted by Crippen LogP contribution is -2.40. The van der Waals surface area contributed by atoms with Crippen LogP contribution in [0.3, 0.4) is 0 Å². The summed E-state index contributed by atoms with van der Waals surface area (Å²) in [6.07, 6.45) is -0.858. The zero-order valence-electron chi connectivity index (χ0n) is 18.4. The quantitative estimate of drug-likeness (QED) is 0.0701. The van der Waals surface area contributed by atoms with Crippen molar-refractivity contribution in [2.45, 2.75) is 31.0 Å². The largest absolute Gasteiger partial charge is 0.394 e. The normalized spacial score (nSPS) is 21.9. The average Bonchev–Trinajstić information content (AvgIpc) is 3.27. The highest BCUT2D eigenvalue weighted by molar-refractivity contribution is 7.80. The lowest BCUT2D eigenvalue weighted by atomic mass is 10.1. The van der Waals surface area contributed by atoms with E-state index in [0.717, 1.165) is 0 Å². The number of carbonyl (C=O) groups is 1. The molecule has 0 bridgehead atoms. The Hall–Kier alpha value is -2.64. The molecule has 1 saturated heterocycles. The van der Waals surface area contributed by atoms with Gasteiger partial charge in [0.05, 0.1) is 6.33 Å². The van der Waals surface area contributed by atoms with Gasteiger partial charge in [-0.3, -0.25) is 33.0 Å². The van der Waals surface area contributed by atoms with Crippen molar-refractivity contribution in [2.75, 3.05) is 25.9 Å². The van der Waals surface area contributed by atoms with Crippen LogP contribution in [-0.2, 0) is 30.3 Å². The molecule has 0 aromatic carbocycles. The summed E-state index contributed by atoms with van der Waals surface area (Å²) in [7, 11) is -7.56. The number of hydrogen-bond acceptors (Lipinski definition) is 14. The number of likely N-dealkylation sites (N-methyl/N-ethyl adjacent to an activating group) is 1. The Morgan fingerprint density at radius 2 is 1.67 bits per heavy atom. The molecule has 1 fully saturated rings. The number of nitrogens with two attached hydrogens (primary N) is 2. The van der Waals surface area contributed by atoms with Crippen LogP contribution in [0, 0.1) is 0 Å². The molecule has 2 aromatic heterocycles. The highest BCUT2D eigenvalue weighted by atomic mass is 32.3. The molecule has 3 heterocycles. The Labute approximate surface area is 204 Å². The first kappa shape index (κ1) is 31.4. The van der Waals surface area contributed by atoms with Crippen LogP contribution in [0.25, 0.3) is 11.2 Å². The number of carbonyl (C=O) groups excluding carboxylic acids is 1. The molecule has 1 aliphatic rings. The summed E-state index contributed by atoms with van der Waals surface area (Å²) in [5.74, 6) is 4.98. The summed E-state index contributed by atoms with van der Waals surface area (Å²) in [4.78, 5) is 25.2. The maximum Gasteiger partial charge on any atom is 0.394 e. The minimum Gasteiger partial charge on any atom is -0.387 e. The van der Waals surface area contributed by atoms with Gasteiger partial charge in [-0.25, -0.2) is 20.8 Å². The molecule has 4 atom stereocenters. The predicted octanol–water partition coefficient (Wildman–Crippen LogP) is -3.97. The average molecular weight is 563 g/mol. The van der Waals surface area contributed by atoms with Gasteiger partial charge in [0.15, 0.2) is 17.7 Å². The molecule has 3 rings (SSSR count). The number of rotatable bonds is 6. The highest BCUT2D eigenvalue weighted by Gasteiger charge is 2.44. The number of nitrogen functional groups attached to an aromatic ring is 1. The van der Waals surface area contributed by atoms with Gasteiger partial charge in [0.25, 0.3) is 0 Å². The summed E-state index contributed by atoms with van der Waals surface area (Å²) < 4.78 is 70.5. The number of hydrogen-bond donors (Lipinski definition) is 9. The molecule has 206 valence electrons. The lowest BCUT2D eigenvalue weighted by Gasteiger charge is -2.22. The monoisotopic (exact) mass is 562 g/mol. The molecule has 20 nitrogen and oxygen atoms in total. The van der Waals surface area contributed by atoms with Gasteiger partial charge in [-0.1, -0.05) is 0 Å². The van der Waals surface area contributed by atoms with Crippen LogP contribution in [0.4, 0.5) is 5.82 Å². The van der Waals surface area contributed by atoms with Crippen molar-refractivity contribution >= 4 is 43.7 Å². The molecule has 22 heteroatoms. The van der Waals surface area contributed by atoms with Gasteiger partial charge >= 0.3 is 20.8 Å². The Bertz CT molecular complexity index is 1180. The number of aromatic nitrogens is 4. The molecule has 1 aliphatic heterocycles. The van der Waals surface area contributed by atoms with E-state index in [2.05, 4.69) is 20.4 Å². The van der Waals surface area contributed by atoms with Gasteiger partial charge in [0.2, 0.25) is 5.91 Å². The molecular weight excluding hydrogens is 536 g/mol. The fraction of sp³-hybridized carbons (Fsp3) is 0.571. The summed E-state index contributed by atoms with van der Waals surface area (Å²) >= 11 is 0. The van der Waals surface area contributed by atoms with E-state index in [4.69, 9.17) is 51.4 Å². The minimum absolute atomic E-state index is 0.212. The topological polar surface area (TPSA) is 327 Å². The van der Waals surface area contributed by atoms with Crippen LogP contribution in [0.5, 0.6) is 0 Å². The van der Waals surface area contributed by atoms with E-state index >= 15 is 0 Å². The van der Waals surface area contributed by atoms with Crippen molar-refractivity contribution in [1.82, 2.24) is 29.8 Å². The second kappa shape index (κ2) is 13.1. The van der Waals surface area contributed by atoms with Crippen LogP contribution in [-0.4, -0.2) is 114 Å². The van der Waals surface area contributed by atoms with Crippen LogP contribution in [0.1, 0.15) is 12.6 Å². The Morgan fingerprint density at radius 3 is 2.19 bits per heavy atom. The molecule has 0 saturated carbocycles. The third-order valence-corrected chi connectivity index (χ3v) is 4.37. The molecule has 2 aromatic rings. The first-order valence-corrected chi connectivity index (χ1v) is 12.2. The van der Waals surface area contributed by atoms with Crippen molar-refractivity contribution in [3.8, 4) is 0 Å². The number of aliphatic hydroxyl groups is 2. The number of nitrogens with one attached hydrogen (secondary N) is 1. The van der Waals surface area contributed by atoms with Gasteiger partial charge in [0.1, 0.15) is 30.2 Å². The Balaban J connectivity index is 0.000000550. The summed E-state index contributed by atoms with van der Waals surface area (Å²) in [5.41, 5.74) is 8.62. The van der Waals surface area contributed by atoms with E-state index < -0.39 is 45.3 Å². The summed E-state index contributed by atoms with van der Waals surface area (Å²) in [6, 6.07) is 0. The second-order valence-electron chi connectivity index (χ2n) is 7.10. The van der Waals surface area contributed by atoms with E-state index in [-0.39, 0.29) is 18.1 Å². The van der Waals surface area contributed by atoms with Crippen LogP contribution >= 0.6 is 0 Å². The van der Waals surface area contributed by atoms with E-state index in [9.17, 15) is 15.0 Å². The standard InChI is InChI=1S/C14H22N8O4.2H2O4S/c1-21(3-2-8(23)20-16)4-7-10(24)11(25)14(26-7)22-6-19-9-12(15)17-5-18-13(9)22;2*1-5(2,3)4/h5-7,10-11,14,24-25H,2-4,16H2,1H3,(H,20,23)(H2,15,17,18);2*(H2,1,2,3,4)/t7-,10-,11-,14-;;/m1../s1. The Kier molecular flexibility index (Phi) is 11.4. The first-order chi connectivity index (χ1) is 16.4. The van der Waals surface area contributed by atoms with E-state index in [0.29, 0.717) is 24.3 Å². The summed E-state index contributed by atoms with van der Waals surface area (Å²) in [6.45, 7) is 0.741. The van der Waals surface area contributed by atoms with E-state index in [1.54, 1.807) is 7.05 Å². The molecular formula is C14H26N8O12S2. The fourth-order valence-electron chi connectivity index (χ4n) is 2.93. The number of fused-ring (bicyclic) bond motifs is 1. The lowest BCUT2D eigenvalue weighted by molar-refractivity contribution is -0.121. The summed E-state index contributed by atoms with van der Waals surface area (Å²) in [5, 5.41) is 20.7. The maximum atomic E-state index is 11.2. The van der Waals surface area contributed by atoms with Crippen molar-refractivity contribution in [1.29, 1.82) is 0 Å². The SMILES string of the molecule is CN(CCC(=O)NN)C[C@H]1O[C@@H](n2cnc3c(N)ncnc32)[C@H](O)[C@@H]1O.O=S(=O)(O)O.O=S(=O)(O)O. The van der Waals surface area contributed by atoms with Gasteiger partial charge in [0, 0.05) is 19.5 Å². The Morgan fingerprint density at radius 1 is 1.11 bits per heavy atom. The fourth-order valence-corrected chi connectivity index (χ4v) is 2.93. The van der Waals surface area contributed by atoms with Crippen molar-refractivity contribution in [3.63, 3.8) is 0 Å². The second-order valence-corrected chi connectivity index (χ2v) is 8.90. The first-order valence-electron chi connectivity index (χ1n) is 9.44. The van der Waals surface area contributed by atoms with Gasteiger partial charge in [-0.15, -0.1) is 0 Å². The van der Waals surface area contributed by atoms with E-state index in [1.807, 2.05) is 4.90 Å². The predicted molar refractivity (Wildman–Crippen MR) is 118 cm³/mol.